The Kier molecular flexibility index (Phi) is 6.62. The van der Waals surface area contributed by atoms with Gasteiger partial charge in [0.1, 0.15) is 5.82 Å². The van der Waals surface area contributed by atoms with Crippen LogP contribution >= 0.6 is 11.8 Å². The number of anilines is 2. The molecule has 0 unspecified atom stereocenters. The third-order valence-electron chi connectivity index (χ3n) is 4.42. The van der Waals surface area contributed by atoms with Crippen molar-refractivity contribution < 1.29 is 18.4 Å². The Morgan fingerprint density at radius 3 is 2.41 bits per heavy atom. The highest BCUT2D eigenvalue weighted by Crippen LogP contribution is 2.26. The van der Waals surface area contributed by atoms with E-state index in [-0.39, 0.29) is 23.4 Å². The van der Waals surface area contributed by atoms with E-state index in [1.165, 1.54) is 18.3 Å². The Balaban J connectivity index is 1.37. The van der Waals surface area contributed by atoms with E-state index in [0.717, 1.165) is 11.8 Å². The summed E-state index contributed by atoms with van der Waals surface area (Å²) in [4.78, 5) is 29.2. The van der Waals surface area contributed by atoms with Crippen LogP contribution in [0.15, 0.2) is 94.7 Å². The number of nitrogens with zero attached hydrogens (tertiary/aromatic N) is 1. The molecule has 0 aliphatic heterocycles. The molecular formula is C24H18FN3O3S. The van der Waals surface area contributed by atoms with E-state index in [0.29, 0.717) is 33.5 Å². The molecule has 0 aliphatic carbocycles. The zero-order chi connectivity index (χ0) is 22.3. The zero-order valence-corrected chi connectivity index (χ0v) is 17.6. The minimum Gasteiger partial charge on any atom is -0.431 e. The van der Waals surface area contributed by atoms with Crippen molar-refractivity contribution in [3.05, 3.63) is 96.4 Å². The van der Waals surface area contributed by atoms with Gasteiger partial charge < -0.3 is 15.1 Å². The summed E-state index contributed by atoms with van der Waals surface area (Å²) in [5.41, 5.74) is 2.11. The molecule has 0 atom stereocenters. The van der Waals surface area contributed by atoms with Gasteiger partial charge in [0.25, 0.3) is 11.1 Å². The minimum atomic E-state index is -0.336. The molecule has 0 saturated heterocycles. The van der Waals surface area contributed by atoms with Gasteiger partial charge >= 0.3 is 0 Å². The molecule has 4 aromatic rings. The predicted octanol–water partition coefficient (Wildman–Crippen LogP) is 5.46. The Bertz CT molecular complexity index is 1230. The molecule has 1 aromatic heterocycles. The van der Waals surface area contributed by atoms with Crippen molar-refractivity contribution in [3.8, 4) is 11.3 Å². The standard InChI is InChI=1S/C24H18FN3O3S/c25-17-12-10-16(11-13-17)21-14-26-24(31-21)32-15-22(29)28-20-9-5-4-8-19(20)23(30)27-18-6-2-1-3-7-18/h1-14H,15H2,(H,27,30)(H,28,29). The number of oxazole rings is 1. The summed E-state index contributed by atoms with van der Waals surface area (Å²) in [5.74, 6) is -0.446. The lowest BCUT2D eigenvalue weighted by atomic mass is 10.1. The number of rotatable bonds is 7. The van der Waals surface area contributed by atoms with E-state index < -0.39 is 0 Å². The molecule has 0 saturated carbocycles. The maximum atomic E-state index is 13.1. The van der Waals surface area contributed by atoms with Crippen LogP contribution in [0.4, 0.5) is 15.8 Å². The first-order valence-corrected chi connectivity index (χ1v) is 10.7. The number of hydrogen-bond donors (Lipinski definition) is 2. The van der Waals surface area contributed by atoms with Crippen LogP contribution in [0.5, 0.6) is 0 Å². The molecule has 6 nitrogen and oxygen atoms in total. The highest BCUT2D eigenvalue weighted by atomic mass is 32.2. The van der Waals surface area contributed by atoms with E-state index in [1.807, 2.05) is 18.2 Å². The molecule has 2 N–H and O–H groups in total. The molecule has 0 fully saturated rings. The van der Waals surface area contributed by atoms with Crippen molar-refractivity contribution in [1.29, 1.82) is 0 Å². The van der Waals surface area contributed by atoms with Gasteiger partial charge in [0.15, 0.2) is 5.76 Å². The van der Waals surface area contributed by atoms with E-state index in [1.54, 1.807) is 48.5 Å². The number of para-hydroxylation sites is 2. The largest absolute Gasteiger partial charge is 0.431 e. The van der Waals surface area contributed by atoms with Gasteiger partial charge in [-0.2, -0.15) is 0 Å². The summed E-state index contributed by atoms with van der Waals surface area (Å²) in [7, 11) is 0. The molecule has 0 bridgehead atoms. The lowest BCUT2D eigenvalue weighted by molar-refractivity contribution is -0.113. The number of benzene rings is 3. The lowest BCUT2D eigenvalue weighted by Gasteiger charge is -2.11. The van der Waals surface area contributed by atoms with Crippen LogP contribution in [0.2, 0.25) is 0 Å². The van der Waals surface area contributed by atoms with Gasteiger partial charge in [0, 0.05) is 11.3 Å². The summed E-state index contributed by atoms with van der Waals surface area (Å²) in [5, 5.41) is 5.88. The summed E-state index contributed by atoms with van der Waals surface area (Å²) >= 11 is 1.12. The molecule has 8 heteroatoms. The van der Waals surface area contributed by atoms with E-state index >= 15 is 0 Å². The van der Waals surface area contributed by atoms with Crippen LogP contribution in [-0.2, 0) is 4.79 Å². The number of thioether (sulfide) groups is 1. The van der Waals surface area contributed by atoms with Gasteiger partial charge in [-0.15, -0.1) is 0 Å². The van der Waals surface area contributed by atoms with Gasteiger partial charge in [-0.05, 0) is 48.5 Å². The van der Waals surface area contributed by atoms with E-state index in [9.17, 15) is 14.0 Å². The average Bonchev–Trinajstić information content (AvgIpc) is 3.28. The fourth-order valence-corrected chi connectivity index (χ4v) is 3.50. The third kappa shape index (κ3) is 5.41. The molecule has 1 heterocycles. The SMILES string of the molecule is O=C(CSc1ncc(-c2ccc(F)cc2)o1)Nc1ccccc1C(=O)Nc1ccccc1. The van der Waals surface area contributed by atoms with Crippen LogP contribution in [0, 0.1) is 5.82 Å². The quantitative estimate of drug-likeness (QED) is 0.367. The van der Waals surface area contributed by atoms with Crippen LogP contribution in [0.25, 0.3) is 11.3 Å². The molecule has 0 radical (unpaired) electrons. The predicted molar refractivity (Wildman–Crippen MR) is 122 cm³/mol. The van der Waals surface area contributed by atoms with Gasteiger partial charge in [0.2, 0.25) is 5.91 Å². The van der Waals surface area contributed by atoms with Gasteiger partial charge in [-0.3, -0.25) is 9.59 Å². The smallest absolute Gasteiger partial charge is 0.257 e. The van der Waals surface area contributed by atoms with Crippen LogP contribution in [0.3, 0.4) is 0 Å². The summed E-state index contributed by atoms with van der Waals surface area (Å²) in [6, 6.07) is 21.7. The molecule has 2 amide bonds. The van der Waals surface area contributed by atoms with Crippen molar-refractivity contribution in [2.45, 2.75) is 5.22 Å². The van der Waals surface area contributed by atoms with Crippen LogP contribution < -0.4 is 10.6 Å². The highest BCUT2D eigenvalue weighted by Gasteiger charge is 2.15. The highest BCUT2D eigenvalue weighted by molar-refractivity contribution is 7.99. The van der Waals surface area contributed by atoms with Crippen LogP contribution in [-0.4, -0.2) is 22.6 Å². The molecule has 0 aliphatic rings. The van der Waals surface area contributed by atoms with Gasteiger partial charge in [-0.25, -0.2) is 9.37 Å². The second-order valence-corrected chi connectivity index (χ2v) is 7.63. The number of nitrogens with one attached hydrogen (secondary N) is 2. The average molecular weight is 447 g/mol. The van der Waals surface area contributed by atoms with E-state index in [2.05, 4.69) is 15.6 Å². The fraction of sp³-hybridized carbons (Fsp3) is 0.0417. The van der Waals surface area contributed by atoms with Gasteiger partial charge in [0.05, 0.1) is 23.2 Å². The Labute approximate surface area is 187 Å². The topological polar surface area (TPSA) is 84.2 Å². The minimum absolute atomic E-state index is 0.0397. The molecule has 0 spiro atoms. The first-order chi connectivity index (χ1) is 15.6. The first kappa shape index (κ1) is 21.3. The second-order valence-electron chi connectivity index (χ2n) is 6.70. The summed E-state index contributed by atoms with van der Waals surface area (Å²) in [6.45, 7) is 0. The first-order valence-electron chi connectivity index (χ1n) is 9.68. The van der Waals surface area contributed by atoms with Crippen molar-refractivity contribution in [3.63, 3.8) is 0 Å². The summed E-state index contributed by atoms with van der Waals surface area (Å²) < 4.78 is 18.7. The van der Waals surface area contributed by atoms with Crippen molar-refractivity contribution >= 4 is 35.0 Å². The maximum Gasteiger partial charge on any atom is 0.257 e. The Morgan fingerprint density at radius 2 is 1.62 bits per heavy atom. The third-order valence-corrected chi connectivity index (χ3v) is 5.26. The molecule has 160 valence electrons. The number of halogens is 1. The normalized spacial score (nSPS) is 10.5. The molecular weight excluding hydrogens is 429 g/mol. The van der Waals surface area contributed by atoms with Crippen molar-refractivity contribution in [2.75, 3.05) is 16.4 Å². The monoisotopic (exact) mass is 447 g/mol. The molecule has 3 aromatic carbocycles. The fourth-order valence-electron chi connectivity index (χ4n) is 2.90. The lowest BCUT2D eigenvalue weighted by Crippen LogP contribution is -2.19. The number of carbonyl (C=O) groups is 2. The zero-order valence-electron chi connectivity index (χ0n) is 16.7. The second kappa shape index (κ2) is 9.93. The number of aromatic nitrogens is 1. The van der Waals surface area contributed by atoms with Crippen molar-refractivity contribution in [1.82, 2.24) is 4.98 Å². The Hall–Kier alpha value is -3.91. The van der Waals surface area contributed by atoms with Gasteiger partial charge in [-0.1, -0.05) is 42.1 Å². The molecule has 32 heavy (non-hydrogen) atoms. The number of amides is 2. The maximum absolute atomic E-state index is 13.1. The number of hydrogen-bond acceptors (Lipinski definition) is 5. The molecule has 4 rings (SSSR count). The Morgan fingerprint density at radius 1 is 0.906 bits per heavy atom. The van der Waals surface area contributed by atoms with Crippen molar-refractivity contribution in [2.24, 2.45) is 0 Å². The summed E-state index contributed by atoms with van der Waals surface area (Å²) in [6.07, 6.45) is 1.52. The number of carbonyl (C=O) groups excluding carboxylic acids is 2. The van der Waals surface area contributed by atoms with E-state index in [4.69, 9.17) is 4.42 Å². The van der Waals surface area contributed by atoms with Crippen LogP contribution in [0.1, 0.15) is 10.4 Å².